The molecule has 1 atom stereocenters. The van der Waals surface area contributed by atoms with Gasteiger partial charge in [-0.25, -0.2) is 0 Å². The molecule has 0 saturated carbocycles. The molecular weight excluding hydrogens is 449 g/mol. The van der Waals surface area contributed by atoms with Crippen LogP contribution in [-0.2, 0) is 13.0 Å². The van der Waals surface area contributed by atoms with Crippen LogP contribution in [0.3, 0.4) is 0 Å². The summed E-state index contributed by atoms with van der Waals surface area (Å²) in [4.78, 5) is 4.34. The molecular formula is C22H27F3N8O. The van der Waals surface area contributed by atoms with Crippen LogP contribution >= 0.6 is 0 Å². The van der Waals surface area contributed by atoms with E-state index in [1.54, 1.807) is 6.20 Å². The maximum Gasteiger partial charge on any atom is 0.573 e. The van der Waals surface area contributed by atoms with Crippen molar-refractivity contribution in [3.05, 3.63) is 41.7 Å². The van der Waals surface area contributed by atoms with Gasteiger partial charge in [0.25, 0.3) is 0 Å². The van der Waals surface area contributed by atoms with Crippen LogP contribution in [0.4, 0.5) is 18.9 Å². The molecule has 4 rings (SSSR count). The summed E-state index contributed by atoms with van der Waals surface area (Å²) in [5.41, 5.74) is 2.40. The van der Waals surface area contributed by atoms with E-state index in [2.05, 4.69) is 52.3 Å². The topological polar surface area (TPSA) is 96.0 Å². The van der Waals surface area contributed by atoms with Crippen LogP contribution in [0.5, 0.6) is 5.75 Å². The highest BCUT2D eigenvalue weighted by molar-refractivity contribution is 5.81. The van der Waals surface area contributed by atoms with Crippen LogP contribution in [0.15, 0.2) is 30.5 Å². The third kappa shape index (κ3) is 5.79. The number of rotatable bonds is 7. The summed E-state index contributed by atoms with van der Waals surface area (Å²) >= 11 is 0. The summed E-state index contributed by atoms with van der Waals surface area (Å²) in [5, 5.41) is 21.9. The minimum Gasteiger partial charge on any atom is -0.405 e. The van der Waals surface area contributed by atoms with E-state index in [0.29, 0.717) is 38.3 Å². The van der Waals surface area contributed by atoms with Gasteiger partial charge in [0, 0.05) is 38.4 Å². The Morgan fingerprint density at radius 2 is 2.03 bits per heavy atom. The van der Waals surface area contributed by atoms with Crippen LogP contribution in [0.25, 0.3) is 11.4 Å². The first-order valence-corrected chi connectivity index (χ1v) is 11.1. The van der Waals surface area contributed by atoms with Crippen LogP contribution < -0.4 is 9.64 Å². The number of anilines is 1. The summed E-state index contributed by atoms with van der Waals surface area (Å²) < 4.78 is 44.5. The zero-order valence-electron chi connectivity index (χ0n) is 19.2. The Hall–Kier alpha value is -3.28. The molecule has 182 valence electrons. The van der Waals surface area contributed by atoms with E-state index < -0.39 is 6.36 Å². The molecule has 1 aromatic carbocycles. The Morgan fingerprint density at radius 1 is 1.21 bits per heavy atom. The van der Waals surface area contributed by atoms with Crippen molar-refractivity contribution in [3.63, 3.8) is 0 Å². The summed E-state index contributed by atoms with van der Waals surface area (Å²) in [7, 11) is 0. The first kappa shape index (κ1) is 23.9. The molecule has 3 heterocycles. The van der Waals surface area contributed by atoms with Crippen LogP contribution in [0.2, 0.25) is 0 Å². The highest BCUT2D eigenvalue weighted by Crippen LogP contribution is 2.41. The zero-order chi connectivity index (χ0) is 24.3. The predicted molar refractivity (Wildman–Crippen MR) is 119 cm³/mol. The number of nitrogens with zero attached hydrogens (tertiary/aromatic N) is 7. The van der Waals surface area contributed by atoms with Gasteiger partial charge in [0.05, 0.1) is 16.9 Å². The number of benzene rings is 1. The molecule has 0 aliphatic carbocycles. The molecule has 2 aromatic heterocycles. The Kier molecular flexibility index (Phi) is 6.96. The Balaban J connectivity index is 1.69. The molecule has 34 heavy (non-hydrogen) atoms. The van der Waals surface area contributed by atoms with Crippen molar-refractivity contribution in [3.8, 4) is 17.1 Å². The van der Waals surface area contributed by atoms with E-state index in [1.165, 1.54) is 6.07 Å². The number of nitrogens with one attached hydrogen (secondary N) is 1. The van der Waals surface area contributed by atoms with Crippen molar-refractivity contribution in [1.29, 1.82) is 0 Å². The second kappa shape index (κ2) is 9.92. The van der Waals surface area contributed by atoms with Crippen LogP contribution in [-0.4, -0.2) is 67.8 Å². The Labute approximate surface area is 195 Å². The number of H-pyrrole nitrogens is 1. The van der Waals surface area contributed by atoms with Gasteiger partial charge in [0.2, 0.25) is 5.82 Å². The van der Waals surface area contributed by atoms with Crippen molar-refractivity contribution < 1.29 is 17.9 Å². The quantitative estimate of drug-likeness (QED) is 0.554. The van der Waals surface area contributed by atoms with Crippen molar-refractivity contribution in [2.45, 2.75) is 46.1 Å². The third-order valence-electron chi connectivity index (χ3n) is 5.68. The van der Waals surface area contributed by atoms with Gasteiger partial charge in [-0.05, 0) is 54.3 Å². The van der Waals surface area contributed by atoms with Crippen molar-refractivity contribution >= 4 is 5.69 Å². The van der Waals surface area contributed by atoms with Gasteiger partial charge in [-0.2, -0.15) is 15.4 Å². The van der Waals surface area contributed by atoms with E-state index in [0.717, 1.165) is 11.3 Å². The molecule has 9 nitrogen and oxygen atoms in total. The molecule has 1 saturated heterocycles. The van der Waals surface area contributed by atoms with Gasteiger partial charge in [-0.15, -0.1) is 23.4 Å². The molecule has 1 aliphatic heterocycles. The first-order valence-electron chi connectivity index (χ1n) is 11.1. The standard InChI is InChI=1S/C22H27F3N8O/c1-14(2)9-16-10-18(20(21-28-30-31-29-21)19(11-16)34-22(23,24)25)33-8-7-32(15(3)12-33)13-17-5-4-6-26-27-17/h4-6,10-11,14-15H,7-9,12-13H2,1-3H3,(H,28,29,30,31)/t15-/m0/s1. The second-order valence-corrected chi connectivity index (χ2v) is 8.85. The monoisotopic (exact) mass is 476 g/mol. The summed E-state index contributed by atoms with van der Waals surface area (Å²) in [6.45, 7) is 8.67. The summed E-state index contributed by atoms with van der Waals surface area (Å²) in [6, 6.07) is 7.24. The molecule has 1 N–H and O–H groups in total. The number of halogens is 3. The van der Waals surface area contributed by atoms with Gasteiger partial charge < -0.3 is 9.64 Å². The lowest BCUT2D eigenvalue weighted by Crippen LogP contribution is -2.51. The Morgan fingerprint density at radius 3 is 2.65 bits per heavy atom. The normalized spacial score (nSPS) is 17.4. The third-order valence-corrected chi connectivity index (χ3v) is 5.68. The molecule has 1 aliphatic rings. The van der Waals surface area contributed by atoms with Crippen molar-refractivity contribution in [1.82, 2.24) is 35.7 Å². The zero-order valence-corrected chi connectivity index (χ0v) is 19.2. The minimum absolute atomic E-state index is 0.0555. The van der Waals surface area contributed by atoms with Gasteiger partial charge in [-0.3, -0.25) is 4.90 Å². The summed E-state index contributed by atoms with van der Waals surface area (Å²) in [5.74, 6) is -0.0120. The predicted octanol–water partition coefficient (Wildman–Crippen LogP) is 3.46. The molecule has 0 spiro atoms. The van der Waals surface area contributed by atoms with Crippen LogP contribution in [0.1, 0.15) is 32.0 Å². The number of aromatic amines is 1. The molecule has 0 amide bonds. The van der Waals surface area contributed by atoms with E-state index in [9.17, 15) is 13.2 Å². The SMILES string of the molecule is CC(C)Cc1cc(OC(F)(F)F)c(-c2nn[nH]n2)c(N2CCN(Cc3cccnn3)[C@@H](C)C2)c1. The number of alkyl halides is 3. The number of hydrogen-bond acceptors (Lipinski definition) is 8. The van der Waals surface area contributed by atoms with Crippen molar-refractivity contribution in [2.75, 3.05) is 24.5 Å². The molecule has 0 unspecified atom stereocenters. The molecule has 0 radical (unpaired) electrons. The van der Waals surface area contributed by atoms with E-state index in [4.69, 9.17) is 0 Å². The smallest absolute Gasteiger partial charge is 0.405 e. The minimum atomic E-state index is -4.85. The fraction of sp³-hybridized carbons (Fsp3) is 0.500. The number of hydrogen-bond donors (Lipinski definition) is 1. The number of piperazine rings is 1. The highest BCUT2D eigenvalue weighted by Gasteiger charge is 2.35. The maximum absolute atomic E-state index is 13.3. The number of tetrazole rings is 1. The Bertz CT molecular complexity index is 1080. The average Bonchev–Trinajstić information content (AvgIpc) is 3.28. The lowest BCUT2D eigenvalue weighted by Gasteiger charge is -2.41. The molecule has 1 fully saturated rings. The average molecular weight is 477 g/mol. The van der Waals surface area contributed by atoms with Crippen LogP contribution in [0, 0.1) is 5.92 Å². The van der Waals surface area contributed by atoms with Crippen molar-refractivity contribution in [2.24, 2.45) is 5.92 Å². The fourth-order valence-electron chi connectivity index (χ4n) is 4.27. The number of ether oxygens (including phenoxy) is 1. The highest BCUT2D eigenvalue weighted by atomic mass is 19.4. The maximum atomic E-state index is 13.3. The largest absolute Gasteiger partial charge is 0.573 e. The second-order valence-electron chi connectivity index (χ2n) is 8.85. The fourth-order valence-corrected chi connectivity index (χ4v) is 4.27. The van der Waals surface area contributed by atoms with Gasteiger partial charge in [0.15, 0.2) is 0 Å². The lowest BCUT2D eigenvalue weighted by atomic mass is 9.98. The van der Waals surface area contributed by atoms with Gasteiger partial charge >= 0.3 is 6.36 Å². The van der Waals surface area contributed by atoms with E-state index in [-0.39, 0.29) is 29.1 Å². The molecule has 3 aromatic rings. The number of aromatic nitrogens is 6. The first-order chi connectivity index (χ1) is 16.2. The van der Waals surface area contributed by atoms with Gasteiger partial charge in [-0.1, -0.05) is 13.8 Å². The van der Waals surface area contributed by atoms with Gasteiger partial charge in [0.1, 0.15) is 5.75 Å². The van der Waals surface area contributed by atoms with E-state index >= 15 is 0 Å². The van der Waals surface area contributed by atoms with E-state index in [1.807, 2.05) is 32.0 Å². The molecule has 0 bridgehead atoms. The summed E-state index contributed by atoms with van der Waals surface area (Å²) in [6.07, 6.45) is -2.61. The molecule has 12 heteroatoms. The lowest BCUT2D eigenvalue weighted by molar-refractivity contribution is -0.274.